The van der Waals surface area contributed by atoms with E-state index in [-0.39, 0.29) is 17.2 Å². The molecule has 0 radical (unpaired) electrons. The quantitative estimate of drug-likeness (QED) is 0.681. The van der Waals surface area contributed by atoms with Crippen LogP contribution in [0.4, 0.5) is 0 Å². The zero-order valence-electron chi connectivity index (χ0n) is 15.4. The molecular weight excluding hydrogens is 346 g/mol. The fraction of sp³-hybridized carbons (Fsp3) is 0.368. The second kappa shape index (κ2) is 6.86. The van der Waals surface area contributed by atoms with Gasteiger partial charge in [-0.3, -0.25) is 14.3 Å². The second-order valence-electron chi connectivity index (χ2n) is 6.77. The summed E-state index contributed by atoms with van der Waals surface area (Å²) in [6.07, 6.45) is 4.70. The number of nitrogens with zero attached hydrogens (tertiary/aromatic N) is 5. The molecule has 0 aliphatic heterocycles. The van der Waals surface area contributed by atoms with Gasteiger partial charge in [-0.2, -0.15) is 10.2 Å². The van der Waals surface area contributed by atoms with Crippen molar-refractivity contribution in [3.63, 3.8) is 0 Å². The SMILES string of the molecule is Cn1nc(CN(Cc2ccco2)C(=O)c2ccc(=O)n(C)n2)c2c1CCC2. The Morgan fingerprint density at radius 1 is 1.15 bits per heavy atom. The van der Waals surface area contributed by atoms with E-state index in [0.29, 0.717) is 18.8 Å². The van der Waals surface area contributed by atoms with Gasteiger partial charge in [0.15, 0.2) is 0 Å². The highest BCUT2D eigenvalue weighted by molar-refractivity contribution is 5.92. The smallest absolute Gasteiger partial charge is 0.275 e. The van der Waals surface area contributed by atoms with Gasteiger partial charge in [-0.15, -0.1) is 0 Å². The number of amides is 1. The summed E-state index contributed by atoms with van der Waals surface area (Å²) in [6.45, 7) is 0.676. The summed E-state index contributed by atoms with van der Waals surface area (Å²) in [5, 5.41) is 8.72. The maximum Gasteiger partial charge on any atom is 0.275 e. The van der Waals surface area contributed by atoms with Crippen molar-refractivity contribution in [2.45, 2.75) is 32.4 Å². The molecule has 0 bridgehead atoms. The van der Waals surface area contributed by atoms with Crippen molar-refractivity contribution >= 4 is 5.91 Å². The third-order valence-electron chi connectivity index (χ3n) is 4.93. The van der Waals surface area contributed by atoms with E-state index in [1.807, 2.05) is 17.8 Å². The average Bonchev–Trinajstić information content (AvgIpc) is 3.37. The van der Waals surface area contributed by atoms with E-state index < -0.39 is 0 Å². The highest BCUT2D eigenvalue weighted by Crippen LogP contribution is 2.26. The van der Waals surface area contributed by atoms with Gasteiger partial charge in [0.05, 0.1) is 25.0 Å². The molecule has 8 heteroatoms. The first-order valence-corrected chi connectivity index (χ1v) is 8.92. The van der Waals surface area contributed by atoms with Crippen molar-refractivity contribution in [2.75, 3.05) is 0 Å². The Balaban J connectivity index is 1.66. The Hall–Kier alpha value is -3.16. The number of aromatic nitrogens is 4. The number of rotatable bonds is 5. The highest BCUT2D eigenvalue weighted by atomic mass is 16.3. The third-order valence-corrected chi connectivity index (χ3v) is 4.93. The van der Waals surface area contributed by atoms with Gasteiger partial charge < -0.3 is 9.32 Å². The number of carbonyl (C=O) groups is 1. The zero-order valence-corrected chi connectivity index (χ0v) is 15.4. The van der Waals surface area contributed by atoms with Crippen LogP contribution < -0.4 is 5.56 Å². The Labute approximate surface area is 156 Å². The summed E-state index contributed by atoms with van der Waals surface area (Å²) < 4.78 is 8.51. The lowest BCUT2D eigenvalue weighted by molar-refractivity contribution is 0.0706. The van der Waals surface area contributed by atoms with Gasteiger partial charge >= 0.3 is 0 Å². The van der Waals surface area contributed by atoms with Gasteiger partial charge in [-0.25, -0.2) is 4.68 Å². The van der Waals surface area contributed by atoms with Crippen molar-refractivity contribution in [1.82, 2.24) is 24.5 Å². The molecule has 3 aromatic heterocycles. The molecule has 0 saturated carbocycles. The lowest BCUT2D eigenvalue weighted by Gasteiger charge is -2.21. The molecule has 0 saturated heterocycles. The van der Waals surface area contributed by atoms with Crippen LogP contribution in [-0.2, 0) is 40.0 Å². The first-order valence-electron chi connectivity index (χ1n) is 8.92. The monoisotopic (exact) mass is 367 g/mol. The van der Waals surface area contributed by atoms with Gasteiger partial charge in [0.25, 0.3) is 11.5 Å². The Kier molecular flexibility index (Phi) is 4.39. The summed E-state index contributed by atoms with van der Waals surface area (Å²) in [5.74, 6) is 0.417. The van der Waals surface area contributed by atoms with E-state index in [4.69, 9.17) is 4.42 Å². The van der Waals surface area contributed by atoms with Crippen LogP contribution in [0.15, 0.2) is 39.7 Å². The molecule has 0 unspecified atom stereocenters. The molecule has 1 aliphatic rings. The summed E-state index contributed by atoms with van der Waals surface area (Å²) in [7, 11) is 3.47. The molecule has 8 nitrogen and oxygen atoms in total. The van der Waals surface area contributed by atoms with Crippen molar-refractivity contribution in [1.29, 1.82) is 0 Å². The molecule has 0 spiro atoms. The highest BCUT2D eigenvalue weighted by Gasteiger charge is 2.26. The largest absolute Gasteiger partial charge is 0.467 e. The molecule has 0 aromatic carbocycles. The predicted molar refractivity (Wildman–Crippen MR) is 97.0 cm³/mol. The molecule has 0 N–H and O–H groups in total. The molecule has 3 aromatic rings. The van der Waals surface area contributed by atoms with Gasteiger partial charge in [0.1, 0.15) is 11.5 Å². The average molecular weight is 367 g/mol. The fourth-order valence-corrected chi connectivity index (χ4v) is 3.57. The van der Waals surface area contributed by atoms with Crippen LogP contribution in [0, 0.1) is 0 Å². The molecule has 0 fully saturated rings. The number of fused-ring (bicyclic) bond motifs is 1. The fourth-order valence-electron chi connectivity index (χ4n) is 3.57. The summed E-state index contributed by atoms with van der Waals surface area (Å²) in [6, 6.07) is 6.44. The van der Waals surface area contributed by atoms with Crippen molar-refractivity contribution in [3.8, 4) is 0 Å². The van der Waals surface area contributed by atoms with Crippen LogP contribution in [0.2, 0.25) is 0 Å². The number of hydrogen-bond donors (Lipinski definition) is 0. The zero-order chi connectivity index (χ0) is 19.0. The van der Waals surface area contributed by atoms with Gasteiger partial charge in [0.2, 0.25) is 0 Å². The summed E-state index contributed by atoms with van der Waals surface area (Å²) in [5.41, 5.74) is 3.36. The first-order chi connectivity index (χ1) is 13.0. The number of aryl methyl sites for hydroxylation is 2. The number of furan rings is 1. The van der Waals surface area contributed by atoms with Crippen LogP contribution in [0.5, 0.6) is 0 Å². The van der Waals surface area contributed by atoms with Gasteiger partial charge in [-0.05, 0) is 43.0 Å². The molecule has 140 valence electrons. The number of carbonyl (C=O) groups excluding carboxylic acids is 1. The lowest BCUT2D eigenvalue weighted by Crippen LogP contribution is -2.33. The molecule has 4 rings (SSSR count). The topological polar surface area (TPSA) is 86.2 Å². The van der Waals surface area contributed by atoms with E-state index in [2.05, 4.69) is 10.2 Å². The molecule has 0 atom stereocenters. The first kappa shape index (κ1) is 17.3. The van der Waals surface area contributed by atoms with Crippen molar-refractivity contribution in [3.05, 3.63) is 69.3 Å². The van der Waals surface area contributed by atoms with E-state index in [1.165, 1.54) is 30.4 Å². The van der Waals surface area contributed by atoms with Crippen LogP contribution in [0.25, 0.3) is 0 Å². The van der Waals surface area contributed by atoms with Crippen LogP contribution >= 0.6 is 0 Å². The van der Waals surface area contributed by atoms with Crippen LogP contribution in [0.3, 0.4) is 0 Å². The molecular formula is C19H21N5O3. The van der Waals surface area contributed by atoms with Crippen LogP contribution in [-0.4, -0.2) is 30.4 Å². The molecule has 1 amide bonds. The van der Waals surface area contributed by atoms with Gasteiger partial charge in [0, 0.05) is 25.9 Å². The van der Waals surface area contributed by atoms with E-state index in [9.17, 15) is 9.59 Å². The normalized spacial score (nSPS) is 13.0. The van der Waals surface area contributed by atoms with Crippen molar-refractivity contribution in [2.24, 2.45) is 14.1 Å². The minimum Gasteiger partial charge on any atom is -0.467 e. The molecule has 27 heavy (non-hydrogen) atoms. The number of hydrogen-bond acceptors (Lipinski definition) is 5. The van der Waals surface area contributed by atoms with E-state index >= 15 is 0 Å². The summed E-state index contributed by atoms with van der Waals surface area (Å²) >= 11 is 0. The second-order valence-corrected chi connectivity index (χ2v) is 6.77. The standard InChI is InChI=1S/C19H21N5O3/c1-22-17-7-3-6-14(17)16(21-22)12-24(11-13-5-4-10-27-13)19(26)15-8-9-18(25)23(2)20-15/h4-5,8-10H,3,6-7,11-12H2,1-2H3. The molecule has 1 aliphatic carbocycles. The Morgan fingerprint density at radius 3 is 2.74 bits per heavy atom. The minimum absolute atomic E-state index is 0.219. The summed E-state index contributed by atoms with van der Waals surface area (Å²) in [4.78, 5) is 26.4. The third kappa shape index (κ3) is 3.30. The maximum atomic E-state index is 13.1. The minimum atomic E-state index is -0.264. The Bertz CT molecular complexity index is 1030. The van der Waals surface area contributed by atoms with Crippen molar-refractivity contribution < 1.29 is 9.21 Å². The van der Waals surface area contributed by atoms with E-state index in [0.717, 1.165) is 29.6 Å². The van der Waals surface area contributed by atoms with Crippen LogP contribution in [0.1, 0.15) is 39.6 Å². The molecule has 3 heterocycles. The lowest BCUT2D eigenvalue weighted by atomic mass is 10.2. The Morgan fingerprint density at radius 2 is 2.00 bits per heavy atom. The van der Waals surface area contributed by atoms with E-state index in [1.54, 1.807) is 17.2 Å². The maximum absolute atomic E-state index is 13.1. The van der Waals surface area contributed by atoms with Gasteiger partial charge in [-0.1, -0.05) is 0 Å². The predicted octanol–water partition coefficient (Wildman–Crippen LogP) is 1.44.